The molecular formula is C14H10F6N4O2S2. The zero-order chi connectivity index (χ0) is 20.4. The van der Waals surface area contributed by atoms with E-state index in [-0.39, 0.29) is 13.5 Å². The third-order valence-corrected chi connectivity index (χ3v) is 5.53. The molecule has 152 valence electrons. The van der Waals surface area contributed by atoms with Gasteiger partial charge in [0, 0.05) is 6.42 Å². The Bertz CT molecular complexity index is 939. The van der Waals surface area contributed by atoms with Gasteiger partial charge in [0.1, 0.15) is 5.71 Å². The average molecular weight is 444 g/mol. The third-order valence-electron chi connectivity index (χ3n) is 4.06. The summed E-state index contributed by atoms with van der Waals surface area (Å²) in [5.74, 6) is -1.09. The highest BCUT2D eigenvalue weighted by atomic mass is 32.2. The summed E-state index contributed by atoms with van der Waals surface area (Å²) in [5.41, 5.74) is -5.78. The lowest BCUT2D eigenvalue weighted by atomic mass is 9.95. The van der Waals surface area contributed by atoms with E-state index in [1.807, 2.05) is 0 Å². The molecule has 14 heteroatoms. The number of halogens is 6. The van der Waals surface area contributed by atoms with E-state index in [4.69, 9.17) is 6.57 Å². The highest BCUT2D eigenvalue weighted by Crippen LogP contribution is 2.45. The van der Waals surface area contributed by atoms with Gasteiger partial charge < -0.3 is 0 Å². The second-order valence-electron chi connectivity index (χ2n) is 5.91. The molecule has 0 spiro atoms. The Labute approximate surface area is 163 Å². The van der Waals surface area contributed by atoms with E-state index in [0.29, 0.717) is 14.8 Å². The minimum absolute atomic E-state index is 0. The van der Waals surface area contributed by atoms with E-state index in [1.54, 1.807) is 0 Å². The van der Waals surface area contributed by atoms with E-state index in [2.05, 4.69) is 9.95 Å². The number of hydrogen-bond donors (Lipinski definition) is 0. The Morgan fingerprint density at radius 1 is 1.21 bits per heavy atom. The fourth-order valence-corrected chi connectivity index (χ4v) is 4.16. The van der Waals surface area contributed by atoms with Gasteiger partial charge in [-0.2, -0.15) is 49.4 Å². The molecule has 0 saturated carbocycles. The highest BCUT2D eigenvalue weighted by Gasteiger charge is 2.62. The van der Waals surface area contributed by atoms with Crippen molar-refractivity contribution in [2.24, 2.45) is 5.10 Å². The fraction of sp³-hybridized carbons (Fsp3) is 0.357. The smallest absolute Gasteiger partial charge is 0.271 e. The van der Waals surface area contributed by atoms with Crippen LogP contribution in [0.3, 0.4) is 0 Å². The molecule has 1 unspecified atom stereocenters. The monoisotopic (exact) mass is 444 g/mol. The molecule has 0 radical (unpaired) electrons. The molecule has 1 amide bonds. The van der Waals surface area contributed by atoms with Crippen molar-refractivity contribution in [3.63, 3.8) is 0 Å². The van der Waals surface area contributed by atoms with Gasteiger partial charge in [-0.3, -0.25) is 4.79 Å². The molecule has 1 aromatic rings. The largest absolute Gasteiger partial charge is 0.431 e. The first-order valence-corrected chi connectivity index (χ1v) is 8.17. The SMILES string of the molecule is S.[C-]#[N+]c1ccc(N2C(=O)[C@]3(C)CC(C(F)(F)F)=NN3S2=O)cc1C(F)(F)F. The van der Waals surface area contributed by atoms with Crippen molar-refractivity contribution in [1.82, 2.24) is 4.41 Å². The van der Waals surface area contributed by atoms with Gasteiger partial charge in [-0.05, 0) is 19.1 Å². The normalized spacial score (nSPS) is 24.6. The predicted molar refractivity (Wildman–Crippen MR) is 92.1 cm³/mol. The standard InChI is InChI=1S/C14H8F6N4O2S.H2S/c1-12-6-10(14(18,19)20)22-24(12)27(26)23(11(12)25)7-3-4-9(21-2)8(5-7)13(15,16)17;/h3-5H,6H2,1H3;1H2/t12-,27?;/m0./s1. The quantitative estimate of drug-likeness (QED) is 0.490. The summed E-state index contributed by atoms with van der Waals surface area (Å²) in [6, 6.07) is 2.23. The minimum Gasteiger partial charge on any atom is -0.271 e. The number of carbonyl (C=O) groups excluding carboxylic acids is 1. The number of hydrogen-bond acceptors (Lipinski definition) is 3. The summed E-state index contributed by atoms with van der Waals surface area (Å²) in [5, 5.41) is 3.20. The molecule has 0 aromatic heterocycles. The fourth-order valence-electron chi connectivity index (χ4n) is 2.72. The zero-order valence-corrected chi connectivity index (χ0v) is 15.5. The van der Waals surface area contributed by atoms with Gasteiger partial charge in [0.25, 0.3) is 5.91 Å². The van der Waals surface area contributed by atoms with Crippen molar-refractivity contribution in [1.29, 1.82) is 0 Å². The number of carbonyl (C=O) groups is 1. The number of fused-ring (bicyclic) bond motifs is 1. The van der Waals surface area contributed by atoms with E-state index in [0.717, 1.165) is 19.1 Å². The molecule has 1 aromatic carbocycles. The Balaban J connectivity index is 0.00000280. The number of benzene rings is 1. The Morgan fingerprint density at radius 2 is 1.82 bits per heavy atom. The maximum absolute atomic E-state index is 13.1. The molecule has 1 saturated heterocycles. The number of amides is 1. The van der Waals surface area contributed by atoms with Crippen molar-refractivity contribution < 1.29 is 35.3 Å². The average Bonchev–Trinajstić information content (AvgIpc) is 3.00. The molecule has 3 rings (SSSR count). The Kier molecular flexibility index (Phi) is 5.24. The zero-order valence-electron chi connectivity index (χ0n) is 13.7. The van der Waals surface area contributed by atoms with Gasteiger partial charge in [0.05, 0.1) is 17.8 Å². The molecule has 2 aliphatic rings. The summed E-state index contributed by atoms with van der Waals surface area (Å²) in [6.07, 6.45) is -10.6. The lowest BCUT2D eigenvalue weighted by molar-refractivity contribution is -0.136. The lowest BCUT2D eigenvalue weighted by Crippen LogP contribution is -2.42. The number of rotatable bonds is 1. The second kappa shape index (κ2) is 6.66. The molecule has 0 N–H and O–H groups in total. The highest BCUT2D eigenvalue weighted by molar-refractivity contribution is 7.85. The summed E-state index contributed by atoms with van der Waals surface area (Å²) in [7, 11) is 0. The summed E-state index contributed by atoms with van der Waals surface area (Å²) in [4.78, 5) is 15.4. The van der Waals surface area contributed by atoms with Crippen molar-refractivity contribution in [2.75, 3.05) is 4.31 Å². The van der Waals surface area contributed by atoms with E-state index in [9.17, 15) is 35.3 Å². The molecule has 2 aliphatic heterocycles. The van der Waals surface area contributed by atoms with Gasteiger partial charge in [-0.15, -0.1) is 0 Å². The number of hydrazone groups is 1. The van der Waals surface area contributed by atoms with Crippen LogP contribution in [0.15, 0.2) is 23.3 Å². The molecule has 6 nitrogen and oxygen atoms in total. The molecule has 1 fully saturated rings. The number of alkyl halides is 6. The number of nitrogens with zero attached hydrogens (tertiary/aromatic N) is 4. The van der Waals surface area contributed by atoms with Crippen LogP contribution in [-0.2, 0) is 22.1 Å². The maximum Gasteiger partial charge on any atom is 0.431 e. The van der Waals surface area contributed by atoms with Crippen LogP contribution in [0.2, 0.25) is 0 Å². The minimum atomic E-state index is -4.91. The van der Waals surface area contributed by atoms with Crippen LogP contribution >= 0.6 is 13.5 Å². The summed E-state index contributed by atoms with van der Waals surface area (Å²) in [6.45, 7) is 7.87. The first-order valence-electron chi connectivity index (χ1n) is 7.11. The van der Waals surface area contributed by atoms with Crippen LogP contribution in [-0.4, -0.2) is 32.0 Å². The van der Waals surface area contributed by atoms with Gasteiger partial charge in [0.2, 0.25) is 11.2 Å². The van der Waals surface area contributed by atoms with Gasteiger partial charge in [-0.1, -0.05) is 6.07 Å². The summed E-state index contributed by atoms with van der Waals surface area (Å²) >= 11 is -2.60. The summed E-state index contributed by atoms with van der Waals surface area (Å²) < 4.78 is 91.3. The molecule has 28 heavy (non-hydrogen) atoms. The molecule has 0 bridgehead atoms. The molecule has 2 atom stereocenters. The lowest BCUT2D eigenvalue weighted by Gasteiger charge is -2.19. The van der Waals surface area contributed by atoms with Crippen LogP contribution in [0.5, 0.6) is 0 Å². The van der Waals surface area contributed by atoms with Crippen molar-refractivity contribution in [2.45, 2.75) is 31.2 Å². The molecule has 2 heterocycles. The van der Waals surface area contributed by atoms with Crippen LogP contribution < -0.4 is 4.31 Å². The first kappa shape index (κ1) is 22.0. The van der Waals surface area contributed by atoms with Crippen molar-refractivity contribution >= 4 is 47.7 Å². The van der Waals surface area contributed by atoms with Gasteiger partial charge in [0.15, 0.2) is 11.2 Å². The third kappa shape index (κ3) is 3.22. The topological polar surface area (TPSA) is 57.3 Å². The molecular weight excluding hydrogens is 434 g/mol. The van der Waals surface area contributed by atoms with Crippen LogP contribution in [0.4, 0.5) is 37.7 Å². The van der Waals surface area contributed by atoms with Gasteiger partial charge >= 0.3 is 12.4 Å². The van der Waals surface area contributed by atoms with E-state index >= 15 is 0 Å². The van der Waals surface area contributed by atoms with Crippen LogP contribution in [0, 0.1) is 6.57 Å². The number of anilines is 1. The second-order valence-corrected chi connectivity index (χ2v) is 7.08. The molecule has 0 aliphatic carbocycles. The van der Waals surface area contributed by atoms with Crippen molar-refractivity contribution in [3.05, 3.63) is 35.2 Å². The predicted octanol–water partition coefficient (Wildman–Crippen LogP) is 3.68. The van der Waals surface area contributed by atoms with Crippen LogP contribution in [0.1, 0.15) is 18.9 Å². The van der Waals surface area contributed by atoms with Crippen molar-refractivity contribution in [3.8, 4) is 0 Å². The maximum atomic E-state index is 13.1. The first-order chi connectivity index (χ1) is 12.3. The van der Waals surface area contributed by atoms with E-state index < -0.39 is 64.0 Å². The van der Waals surface area contributed by atoms with Crippen LogP contribution in [0.25, 0.3) is 4.85 Å². The van der Waals surface area contributed by atoms with E-state index in [1.165, 1.54) is 0 Å². The van der Waals surface area contributed by atoms with Gasteiger partial charge in [-0.25, -0.2) is 13.4 Å². The Hall–Kier alpha value is -2.27. The Morgan fingerprint density at radius 3 is 2.29 bits per heavy atom.